The van der Waals surface area contributed by atoms with Crippen molar-refractivity contribution in [2.75, 3.05) is 5.32 Å². The molecule has 0 spiro atoms. The number of ketones is 1. The van der Waals surface area contributed by atoms with Crippen LogP contribution < -0.4 is 5.32 Å². The zero-order chi connectivity index (χ0) is 23.2. The fourth-order valence-electron chi connectivity index (χ4n) is 4.68. The van der Waals surface area contributed by atoms with E-state index in [1.807, 2.05) is 0 Å². The number of aromatic amines is 1. The standard InChI is InChI=1S/C24H26F3N5O/c1-13(15-2-3-15)31-23-19-18(11-28-22(19)29-12-30-23)20(33)17-5-4-16(32-21(17)25)10-14-6-8-24(26,27)9-7-14/h4-5,11-15H,2-3,6-10H2,1H3,(H2,28,29,30,31)/t13-/m0/s1. The van der Waals surface area contributed by atoms with Gasteiger partial charge in [-0.3, -0.25) is 4.79 Å². The first-order chi connectivity index (χ1) is 15.8. The fraction of sp³-hybridized carbons (Fsp3) is 0.500. The third kappa shape index (κ3) is 4.58. The van der Waals surface area contributed by atoms with Crippen LogP contribution >= 0.6 is 0 Å². The minimum Gasteiger partial charge on any atom is -0.367 e. The van der Waals surface area contributed by atoms with Crippen LogP contribution in [0.4, 0.5) is 19.0 Å². The summed E-state index contributed by atoms with van der Waals surface area (Å²) in [5.74, 6) is -2.79. The van der Waals surface area contributed by atoms with E-state index in [0.717, 1.165) is 12.8 Å². The van der Waals surface area contributed by atoms with E-state index < -0.39 is 17.7 Å². The summed E-state index contributed by atoms with van der Waals surface area (Å²) in [6.45, 7) is 2.08. The Labute approximate surface area is 189 Å². The maximum absolute atomic E-state index is 14.9. The van der Waals surface area contributed by atoms with Gasteiger partial charge in [-0.25, -0.2) is 23.7 Å². The summed E-state index contributed by atoms with van der Waals surface area (Å²) in [5.41, 5.74) is 1.11. The third-order valence-electron chi connectivity index (χ3n) is 6.89. The summed E-state index contributed by atoms with van der Waals surface area (Å²) < 4.78 is 41.6. The smallest absolute Gasteiger partial charge is 0.248 e. The average molecular weight is 458 g/mol. The molecule has 0 unspecified atom stereocenters. The van der Waals surface area contributed by atoms with E-state index in [9.17, 15) is 18.0 Å². The van der Waals surface area contributed by atoms with Crippen molar-refractivity contribution < 1.29 is 18.0 Å². The lowest BCUT2D eigenvalue weighted by Gasteiger charge is -2.28. The van der Waals surface area contributed by atoms with Gasteiger partial charge in [0.05, 0.1) is 16.5 Å². The predicted molar refractivity (Wildman–Crippen MR) is 118 cm³/mol. The number of nitrogens with zero attached hydrogens (tertiary/aromatic N) is 3. The maximum atomic E-state index is 14.9. The van der Waals surface area contributed by atoms with E-state index in [4.69, 9.17) is 0 Å². The number of nitrogens with one attached hydrogen (secondary N) is 2. The normalized spacial score (nSPS) is 19.5. The molecule has 2 saturated carbocycles. The van der Waals surface area contributed by atoms with E-state index in [2.05, 4.69) is 32.2 Å². The zero-order valence-electron chi connectivity index (χ0n) is 18.4. The molecule has 2 N–H and O–H groups in total. The summed E-state index contributed by atoms with van der Waals surface area (Å²) in [6.07, 6.45) is 6.18. The van der Waals surface area contributed by atoms with Crippen molar-refractivity contribution in [1.82, 2.24) is 19.9 Å². The van der Waals surface area contributed by atoms with Gasteiger partial charge in [-0.1, -0.05) is 0 Å². The number of H-pyrrole nitrogens is 1. The molecule has 3 aromatic heterocycles. The minimum absolute atomic E-state index is 0.0472. The molecule has 1 atom stereocenters. The third-order valence-corrected chi connectivity index (χ3v) is 6.89. The maximum Gasteiger partial charge on any atom is 0.248 e. The Morgan fingerprint density at radius 3 is 2.64 bits per heavy atom. The molecular formula is C24H26F3N5O. The highest BCUT2D eigenvalue weighted by atomic mass is 19.3. The SMILES string of the molecule is C[C@H](Nc1ncnc2[nH]cc(C(=O)c3ccc(CC4CCC(F)(F)CC4)nc3F)c12)C1CC1. The van der Waals surface area contributed by atoms with Crippen molar-refractivity contribution in [2.24, 2.45) is 11.8 Å². The van der Waals surface area contributed by atoms with Gasteiger partial charge in [0.25, 0.3) is 0 Å². The van der Waals surface area contributed by atoms with Gasteiger partial charge in [-0.15, -0.1) is 0 Å². The number of halogens is 3. The van der Waals surface area contributed by atoms with Crippen LogP contribution in [0.5, 0.6) is 0 Å². The second kappa shape index (κ2) is 8.43. The number of aromatic nitrogens is 4. The topological polar surface area (TPSA) is 83.6 Å². The summed E-state index contributed by atoms with van der Waals surface area (Å²) >= 11 is 0. The van der Waals surface area contributed by atoms with Gasteiger partial charge in [0.1, 0.15) is 17.8 Å². The van der Waals surface area contributed by atoms with Crippen molar-refractivity contribution in [3.8, 4) is 0 Å². The number of pyridine rings is 1. The van der Waals surface area contributed by atoms with Crippen molar-refractivity contribution in [1.29, 1.82) is 0 Å². The molecule has 0 bridgehead atoms. The Hall–Kier alpha value is -2.97. The van der Waals surface area contributed by atoms with Crippen LogP contribution in [-0.2, 0) is 6.42 Å². The van der Waals surface area contributed by atoms with Gasteiger partial charge in [0.15, 0.2) is 5.78 Å². The fourth-order valence-corrected chi connectivity index (χ4v) is 4.68. The van der Waals surface area contributed by atoms with E-state index >= 15 is 0 Å². The number of hydrogen-bond acceptors (Lipinski definition) is 5. The average Bonchev–Trinajstić information content (AvgIpc) is 3.54. The molecule has 5 rings (SSSR count). The molecular weight excluding hydrogens is 431 g/mol. The monoisotopic (exact) mass is 457 g/mol. The van der Waals surface area contributed by atoms with Crippen molar-refractivity contribution in [3.05, 3.63) is 47.4 Å². The largest absolute Gasteiger partial charge is 0.367 e. The molecule has 0 aromatic carbocycles. The lowest BCUT2D eigenvalue weighted by molar-refractivity contribution is -0.0457. The summed E-state index contributed by atoms with van der Waals surface area (Å²) in [7, 11) is 0. The number of carbonyl (C=O) groups excluding carboxylic acids is 1. The van der Waals surface area contributed by atoms with Gasteiger partial charge in [-0.2, -0.15) is 4.39 Å². The van der Waals surface area contributed by atoms with Gasteiger partial charge in [0.2, 0.25) is 11.9 Å². The molecule has 174 valence electrons. The predicted octanol–water partition coefficient (Wildman–Crippen LogP) is 5.30. The number of carbonyl (C=O) groups is 1. The summed E-state index contributed by atoms with van der Waals surface area (Å²) in [4.78, 5) is 28.7. The Morgan fingerprint density at radius 2 is 1.94 bits per heavy atom. The molecule has 0 radical (unpaired) electrons. The number of fused-ring (bicyclic) bond motifs is 1. The van der Waals surface area contributed by atoms with Crippen LogP contribution in [0.25, 0.3) is 11.0 Å². The highest BCUT2D eigenvalue weighted by Crippen LogP contribution is 2.38. The molecule has 33 heavy (non-hydrogen) atoms. The molecule has 9 heteroatoms. The summed E-state index contributed by atoms with van der Waals surface area (Å²) in [5, 5.41) is 3.90. The first-order valence-electron chi connectivity index (χ1n) is 11.5. The van der Waals surface area contributed by atoms with Crippen LogP contribution in [0.2, 0.25) is 0 Å². The number of anilines is 1. The molecule has 3 heterocycles. The number of hydrogen-bond donors (Lipinski definition) is 2. The lowest BCUT2D eigenvalue weighted by Crippen LogP contribution is -2.25. The summed E-state index contributed by atoms with van der Waals surface area (Å²) in [6, 6.07) is 3.25. The van der Waals surface area contributed by atoms with Crippen molar-refractivity contribution in [2.45, 2.75) is 63.8 Å². The number of alkyl halides is 2. The zero-order valence-corrected chi connectivity index (χ0v) is 18.4. The van der Waals surface area contributed by atoms with Gasteiger partial charge in [-0.05, 0) is 63.0 Å². The Morgan fingerprint density at radius 1 is 1.18 bits per heavy atom. The second-order valence-corrected chi connectivity index (χ2v) is 9.39. The quantitative estimate of drug-likeness (QED) is 0.372. The molecule has 2 aliphatic carbocycles. The van der Waals surface area contributed by atoms with E-state index in [0.29, 0.717) is 47.7 Å². The lowest BCUT2D eigenvalue weighted by atomic mass is 9.84. The molecule has 2 fully saturated rings. The van der Waals surface area contributed by atoms with Gasteiger partial charge < -0.3 is 10.3 Å². The molecule has 0 aliphatic heterocycles. The molecule has 6 nitrogen and oxygen atoms in total. The highest BCUT2D eigenvalue weighted by Gasteiger charge is 2.35. The molecule has 0 amide bonds. The van der Waals surface area contributed by atoms with Crippen molar-refractivity contribution >= 4 is 22.6 Å². The molecule has 3 aromatic rings. The Bertz CT molecular complexity index is 1180. The van der Waals surface area contributed by atoms with Crippen LogP contribution in [-0.4, -0.2) is 37.7 Å². The number of rotatable bonds is 7. The second-order valence-electron chi connectivity index (χ2n) is 9.39. The molecule has 2 aliphatic rings. The van der Waals surface area contributed by atoms with Crippen molar-refractivity contribution in [3.63, 3.8) is 0 Å². The Balaban J connectivity index is 1.37. The van der Waals surface area contributed by atoms with Crippen LogP contribution in [0.3, 0.4) is 0 Å². The van der Waals surface area contributed by atoms with Crippen LogP contribution in [0.15, 0.2) is 24.7 Å². The Kier molecular flexibility index (Phi) is 5.58. The van der Waals surface area contributed by atoms with Gasteiger partial charge in [0, 0.05) is 30.8 Å². The highest BCUT2D eigenvalue weighted by molar-refractivity contribution is 6.18. The van der Waals surface area contributed by atoms with Crippen LogP contribution in [0, 0.1) is 17.8 Å². The minimum atomic E-state index is -2.60. The van der Waals surface area contributed by atoms with E-state index in [1.54, 1.807) is 6.07 Å². The van der Waals surface area contributed by atoms with Gasteiger partial charge >= 0.3 is 0 Å². The van der Waals surface area contributed by atoms with E-state index in [-0.39, 0.29) is 35.9 Å². The first-order valence-corrected chi connectivity index (χ1v) is 11.5. The van der Waals surface area contributed by atoms with Crippen LogP contribution in [0.1, 0.15) is 67.1 Å². The first kappa shape index (κ1) is 21.9. The van der Waals surface area contributed by atoms with E-state index in [1.165, 1.54) is 18.6 Å². The molecule has 0 saturated heterocycles.